The molecule has 1 aromatic carbocycles. The predicted octanol–water partition coefficient (Wildman–Crippen LogP) is 4.00. The maximum atomic E-state index is 13.4. The van der Waals surface area contributed by atoms with E-state index in [4.69, 9.17) is 9.84 Å². The van der Waals surface area contributed by atoms with Crippen molar-refractivity contribution in [3.05, 3.63) is 46.6 Å². The van der Waals surface area contributed by atoms with Gasteiger partial charge in [0, 0.05) is 6.07 Å². The van der Waals surface area contributed by atoms with E-state index in [-0.39, 0.29) is 21.9 Å². The molecule has 5 nitrogen and oxygen atoms in total. The number of nitrogens with zero attached hydrogens (tertiary/aromatic N) is 1. The molecule has 1 heterocycles. The van der Waals surface area contributed by atoms with Crippen molar-refractivity contribution >= 4 is 27.8 Å². The van der Waals surface area contributed by atoms with Gasteiger partial charge in [-0.15, -0.1) is 0 Å². The summed E-state index contributed by atoms with van der Waals surface area (Å²) in [5.41, 5.74) is 0. The van der Waals surface area contributed by atoms with Gasteiger partial charge in [-0.3, -0.25) is 5.32 Å². The molecule has 104 valence electrons. The summed E-state index contributed by atoms with van der Waals surface area (Å²) in [6, 6.07) is 5.62. The van der Waals surface area contributed by atoms with Crippen LogP contribution in [-0.2, 0) is 0 Å². The molecule has 2 rings (SSSR count). The number of pyridine rings is 1. The first-order valence-corrected chi connectivity index (χ1v) is 6.04. The zero-order valence-electron chi connectivity index (χ0n) is 9.73. The Bertz CT molecular complexity index is 667. The predicted molar refractivity (Wildman–Crippen MR) is 70.0 cm³/mol. The molecule has 0 saturated carbocycles. The number of rotatable bonds is 3. The second kappa shape index (κ2) is 5.83. The molecule has 8 heteroatoms. The molecule has 2 N–H and O–H groups in total. The van der Waals surface area contributed by atoms with Crippen LogP contribution in [0.1, 0.15) is 0 Å². The second-order valence-electron chi connectivity index (χ2n) is 3.59. The Hall–Kier alpha value is -2.22. The minimum atomic E-state index is -1.26. The van der Waals surface area contributed by atoms with Crippen molar-refractivity contribution in [3.8, 4) is 11.5 Å². The number of ether oxygens (including phenoxy) is 1. The Morgan fingerprint density at radius 2 is 1.95 bits per heavy atom. The number of nitrogens with one attached hydrogen (secondary N) is 1. The van der Waals surface area contributed by atoms with Crippen molar-refractivity contribution in [2.75, 3.05) is 5.32 Å². The van der Waals surface area contributed by atoms with Gasteiger partial charge in [0.05, 0.1) is 0 Å². The summed E-state index contributed by atoms with van der Waals surface area (Å²) >= 11 is 3.07. The van der Waals surface area contributed by atoms with Crippen LogP contribution in [0.15, 0.2) is 34.9 Å². The number of aromatic nitrogens is 1. The van der Waals surface area contributed by atoms with E-state index in [1.807, 2.05) is 0 Å². The topological polar surface area (TPSA) is 71.5 Å². The number of hydrogen-bond acceptors (Lipinski definition) is 3. The van der Waals surface area contributed by atoms with Crippen LogP contribution >= 0.6 is 15.9 Å². The monoisotopic (exact) mass is 344 g/mol. The summed E-state index contributed by atoms with van der Waals surface area (Å²) in [5.74, 6) is -1.51. The molecular weight excluding hydrogens is 338 g/mol. The highest BCUT2D eigenvalue weighted by atomic mass is 79.9. The molecule has 0 atom stereocenters. The molecule has 0 aliphatic carbocycles. The number of halogens is 3. The first kappa shape index (κ1) is 14.2. The number of anilines is 1. The maximum absolute atomic E-state index is 13.4. The van der Waals surface area contributed by atoms with E-state index in [1.165, 1.54) is 12.1 Å². The average molecular weight is 345 g/mol. The van der Waals surface area contributed by atoms with E-state index in [0.29, 0.717) is 6.07 Å². The van der Waals surface area contributed by atoms with Gasteiger partial charge in [-0.25, -0.2) is 18.6 Å². The van der Waals surface area contributed by atoms with Gasteiger partial charge in [0.1, 0.15) is 11.6 Å². The van der Waals surface area contributed by atoms with E-state index in [2.05, 4.69) is 26.2 Å². The lowest BCUT2D eigenvalue weighted by Gasteiger charge is -2.09. The Morgan fingerprint density at radius 1 is 1.25 bits per heavy atom. The Morgan fingerprint density at radius 3 is 2.55 bits per heavy atom. The summed E-state index contributed by atoms with van der Waals surface area (Å²) < 4.78 is 31.6. The van der Waals surface area contributed by atoms with Crippen LogP contribution < -0.4 is 10.1 Å². The first-order chi connectivity index (χ1) is 9.45. The molecule has 0 unspecified atom stereocenters. The molecule has 0 aliphatic rings. The van der Waals surface area contributed by atoms with Gasteiger partial charge in [-0.2, -0.15) is 0 Å². The highest BCUT2D eigenvalue weighted by Crippen LogP contribution is 2.31. The van der Waals surface area contributed by atoms with Gasteiger partial charge >= 0.3 is 6.09 Å². The Labute approximate surface area is 120 Å². The lowest BCUT2D eigenvalue weighted by atomic mass is 10.3. The summed E-state index contributed by atoms with van der Waals surface area (Å²) in [7, 11) is 0. The third-order valence-electron chi connectivity index (χ3n) is 2.16. The zero-order valence-corrected chi connectivity index (χ0v) is 11.3. The van der Waals surface area contributed by atoms with Crippen molar-refractivity contribution in [2.24, 2.45) is 0 Å². The number of benzene rings is 1. The van der Waals surface area contributed by atoms with E-state index in [0.717, 1.165) is 12.1 Å². The lowest BCUT2D eigenvalue weighted by molar-refractivity contribution is 0.209. The van der Waals surface area contributed by atoms with E-state index in [1.54, 1.807) is 0 Å². The maximum Gasteiger partial charge on any atom is 0.410 e. The lowest BCUT2D eigenvalue weighted by Crippen LogP contribution is -2.08. The minimum absolute atomic E-state index is 0.0799. The van der Waals surface area contributed by atoms with Crippen LogP contribution in [0.5, 0.6) is 11.5 Å². The molecular formula is C12H7BrF2N2O3. The van der Waals surface area contributed by atoms with Crippen LogP contribution in [0.4, 0.5) is 19.4 Å². The quantitative estimate of drug-likeness (QED) is 0.825. The minimum Gasteiger partial charge on any atom is -0.465 e. The van der Waals surface area contributed by atoms with Gasteiger partial charge in [-0.1, -0.05) is 0 Å². The number of carbonyl (C=O) groups is 1. The Kier molecular flexibility index (Phi) is 4.14. The summed E-state index contributed by atoms with van der Waals surface area (Å²) in [6.45, 7) is 0. The smallest absolute Gasteiger partial charge is 0.410 e. The van der Waals surface area contributed by atoms with Gasteiger partial charge in [0.25, 0.3) is 0 Å². The summed E-state index contributed by atoms with van der Waals surface area (Å²) in [5, 5.41) is 10.6. The number of carboxylic acid groups (broad SMARTS) is 1. The van der Waals surface area contributed by atoms with E-state index in [9.17, 15) is 13.6 Å². The fourth-order valence-corrected chi connectivity index (χ4v) is 1.76. The van der Waals surface area contributed by atoms with Crippen molar-refractivity contribution in [1.82, 2.24) is 4.98 Å². The van der Waals surface area contributed by atoms with Crippen molar-refractivity contribution < 1.29 is 23.4 Å². The molecule has 0 bridgehead atoms. The van der Waals surface area contributed by atoms with Crippen LogP contribution in [-0.4, -0.2) is 16.2 Å². The van der Waals surface area contributed by atoms with Gasteiger partial charge in [0.2, 0.25) is 0 Å². The van der Waals surface area contributed by atoms with Crippen LogP contribution in [0, 0.1) is 11.6 Å². The molecule has 0 aliphatic heterocycles. The summed E-state index contributed by atoms with van der Waals surface area (Å²) in [6.07, 6.45) is -1.26. The summed E-state index contributed by atoms with van der Waals surface area (Å²) in [4.78, 5) is 14.3. The van der Waals surface area contributed by atoms with Gasteiger partial charge in [0.15, 0.2) is 21.9 Å². The van der Waals surface area contributed by atoms with Gasteiger partial charge < -0.3 is 9.84 Å². The molecule has 1 amide bonds. The third kappa shape index (κ3) is 3.41. The van der Waals surface area contributed by atoms with E-state index >= 15 is 0 Å². The van der Waals surface area contributed by atoms with Crippen molar-refractivity contribution in [2.45, 2.75) is 0 Å². The SMILES string of the molecule is O=C(O)Nc1ccc(Oc2ccc(F)cc2F)c(Br)n1. The highest BCUT2D eigenvalue weighted by Gasteiger charge is 2.10. The highest BCUT2D eigenvalue weighted by molar-refractivity contribution is 9.10. The number of hydrogen-bond donors (Lipinski definition) is 2. The molecule has 0 spiro atoms. The molecule has 0 saturated heterocycles. The molecule has 1 aromatic heterocycles. The average Bonchev–Trinajstić information content (AvgIpc) is 2.34. The van der Waals surface area contributed by atoms with Crippen LogP contribution in [0.3, 0.4) is 0 Å². The molecule has 20 heavy (non-hydrogen) atoms. The van der Waals surface area contributed by atoms with Crippen LogP contribution in [0.2, 0.25) is 0 Å². The molecule has 2 aromatic rings. The fourth-order valence-electron chi connectivity index (χ4n) is 1.35. The number of amides is 1. The van der Waals surface area contributed by atoms with Crippen LogP contribution in [0.25, 0.3) is 0 Å². The third-order valence-corrected chi connectivity index (χ3v) is 2.73. The fraction of sp³-hybridized carbons (Fsp3) is 0. The van der Waals surface area contributed by atoms with E-state index < -0.39 is 17.7 Å². The van der Waals surface area contributed by atoms with Gasteiger partial charge in [-0.05, 0) is 40.2 Å². The second-order valence-corrected chi connectivity index (χ2v) is 4.34. The Balaban J connectivity index is 2.23. The zero-order chi connectivity index (χ0) is 14.7. The largest absolute Gasteiger partial charge is 0.465 e. The van der Waals surface area contributed by atoms with Crippen molar-refractivity contribution in [1.29, 1.82) is 0 Å². The molecule has 0 radical (unpaired) electrons. The normalized spacial score (nSPS) is 10.2. The first-order valence-electron chi connectivity index (χ1n) is 5.25. The molecule has 0 fully saturated rings. The van der Waals surface area contributed by atoms with Crippen molar-refractivity contribution in [3.63, 3.8) is 0 Å². The standard InChI is InChI=1S/C12H7BrF2N2O3/c13-11-9(3-4-10(16-11)17-12(18)19)20-8-2-1-6(14)5-7(8)15/h1-5H,(H,16,17)(H,18,19).